The van der Waals surface area contributed by atoms with Gasteiger partial charge < -0.3 is 9.30 Å². The zero-order valence-corrected chi connectivity index (χ0v) is 14.1. The Hall–Kier alpha value is -0.870. The normalized spacial score (nSPS) is 22.0. The van der Waals surface area contributed by atoms with Crippen molar-refractivity contribution in [1.29, 1.82) is 0 Å². The Morgan fingerprint density at radius 3 is 3.00 bits per heavy atom. The van der Waals surface area contributed by atoms with Crippen molar-refractivity contribution >= 4 is 34.4 Å². The molecule has 1 aromatic heterocycles. The van der Waals surface area contributed by atoms with Crippen molar-refractivity contribution in [3.8, 4) is 5.75 Å². The van der Waals surface area contributed by atoms with E-state index in [-0.39, 0.29) is 0 Å². The Labute approximate surface area is 135 Å². The van der Waals surface area contributed by atoms with Crippen LogP contribution in [0.3, 0.4) is 0 Å². The zero-order valence-electron chi connectivity index (χ0n) is 12.5. The van der Waals surface area contributed by atoms with Crippen LogP contribution in [0.4, 0.5) is 0 Å². The number of para-hydroxylation sites is 1. The molecule has 2 aromatic rings. The number of imidazole rings is 1. The molecule has 2 atom stereocenters. The molecule has 0 bridgehead atoms. The van der Waals surface area contributed by atoms with Crippen molar-refractivity contribution in [2.45, 2.75) is 43.4 Å². The molecular formula is C16H21ClN2OS. The maximum absolute atomic E-state index is 6.17. The molecule has 21 heavy (non-hydrogen) atoms. The van der Waals surface area contributed by atoms with E-state index in [2.05, 4.69) is 29.3 Å². The Morgan fingerprint density at radius 1 is 1.43 bits per heavy atom. The number of ether oxygens (including phenoxy) is 1. The van der Waals surface area contributed by atoms with E-state index in [0.717, 1.165) is 28.4 Å². The van der Waals surface area contributed by atoms with Crippen LogP contribution in [0.5, 0.6) is 5.75 Å². The fourth-order valence-electron chi connectivity index (χ4n) is 3.38. The number of hydrogen-bond acceptors (Lipinski definition) is 3. The summed E-state index contributed by atoms with van der Waals surface area (Å²) in [5.41, 5.74) is 2.08. The molecule has 0 N–H and O–H groups in total. The first-order chi connectivity index (χ1) is 10.3. The van der Waals surface area contributed by atoms with Gasteiger partial charge in [-0.25, -0.2) is 4.98 Å². The van der Waals surface area contributed by atoms with Gasteiger partial charge in [-0.15, -0.1) is 11.6 Å². The van der Waals surface area contributed by atoms with E-state index in [4.69, 9.17) is 21.3 Å². The zero-order chi connectivity index (χ0) is 14.8. The third-order valence-electron chi connectivity index (χ3n) is 4.23. The van der Waals surface area contributed by atoms with Crippen LogP contribution in [0.15, 0.2) is 18.2 Å². The molecule has 0 aliphatic heterocycles. The minimum absolute atomic E-state index is 0.442. The molecule has 1 saturated carbocycles. The molecule has 3 nitrogen and oxygen atoms in total. The van der Waals surface area contributed by atoms with E-state index >= 15 is 0 Å². The Balaban J connectivity index is 2.12. The number of rotatable bonds is 5. The molecule has 0 saturated heterocycles. The van der Waals surface area contributed by atoms with Gasteiger partial charge in [-0.1, -0.05) is 19.4 Å². The summed E-state index contributed by atoms with van der Waals surface area (Å²) in [6.07, 6.45) is 3.78. The number of thioether (sulfide) groups is 1. The van der Waals surface area contributed by atoms with Crippen molar-refractivity contribution < 1.29 is 4.74 Å². The number of halogens is 1. The van der Waals surface area contributed by atoms with E-state index in [0.29, 0.717) is 17.2 Å². The van der Waals surface area contributed by atoms with Gasteiger partial charge in [-0.3, -0.25) is 0 Å². The Kier molecular flexibility index (Phi) is 4.65. The second kappa shape index (κ2) is 6.49. The first kappa shape index (κ1) is 15.0. The van der Waals surface area contributed by atoms with Gasteiger partial charge in [-0.2, -0.15) is 11.8 Å². The van der Waals surface area contributed by atoms with Crippen LogP contribution in [0.1, 0.15) is 38.1 Å². The van der Waals surface area contributed by atoms with E-state index in [9.17, 15) is 0 Å². The summed E-state index contributed by atoms with van der Waals surface area (Å²) in [6.45, 7) is 2.23. The van der Waals surface area contributed by atoms with Crippen LogP contribution >= 0.6 is 23.4 Å². The van der Waals surface area contributed by atoms with Gasteiger partial charge in [0, 0.05) is 11.3 Å². The van der Waals surface area contributed by atoms with E-state index < -0.39 is 0 Å². The molecule has 0 spiro atoms. The second-order valence-corrected chi connectivity index (χ2v) is 7.14. The monoisotopic (exact) mass is 324 g/mol. The van der Waals surface area contributed by atoms with Gasteiger partial charge in [0.15, 0.2) is 0 Å². The topological polar surface area (TPSA) is 27.1 Å². The summed E-state index contributed by atoms with van der Waals surface area (Å²) in [7, 11) is 1.69. The fourth-order valence-corrected chi connectivity index (χ4v) is 4.81. The Bertz CT molecular complexity index is 628. The predicted molar refractivity (Wildman–Crippen MR) is 90.7 cm³/mol. The lowest BCUT2D eigenvalue weighted by Crippen LogP contribution is -2.18. The smallest absolute Gasteiger partial charge is 0.146 e. The SMILES string of the molecule is CCSC1CCCC1n1c(CCl)nc2c(OC)cccc21. The van der Waals surface area contributed by atoms with Crippen LogP contribution in [-0.2, 0) is 5.88 Å². The first-order valence-electron chi connectivity index (χ1n) is 7.51. The van der Waals surface area contributed by atoms with Gasteiger partial charge in [0.2, 0.25) is 0 Å². The van der Waals surface area contributed by atoms with E-state index in [1.165, 1.54) is 19.3 Å². The molecule has 0 radical (unpaired) electrons. The number of hydrogen-bond donors (Lipinski definition) is 0. The van der Waals surface area contributed by atoms with Crippen LogP contribution in [0.25, 0.3) is 11.0 Å². The largest absolute Gasteiger partial charge is 0.494 e. The van der Waals surface area contributed by atoms with Crippen LogP contribution in [-0.4, -0.2) is 27.7 Å². The predicted octanol–water partition coefficient (Wildman–Crippen LogP) is 4.63. The van der Waals surface area contributed by atoms with Gasteiger partial charge in [0.25, 0.3) is 0 Å². The maximum atomic E-state index is 6.17. The number of nitrogens with zero attached hydrogens (tertiary/aromatic N) is 2. The second-order valence-electron chi connectivity index (χ2n) is 5.35. The lowest BCUT2D eigenvalue weighted by atomic mass is 10.2. The molecule has 114 valence electrons. The number of fused-ring (bicyclic) bond motifs is 1. The molecule has 2 unspecified atom stereocenters. The van der Waals surface area contributed by atoms with Gasteiger partial charge in [-0.05, 0) is 30.7 Å². The van der Waals surface area contributed by atoms with Gasteiger partial charge in [0.05, 0.1) is 18.5 Å². The first-order valence-corrected chi connectivity index (χ1v) is 9.09. The van der Waals surface area contributed by atoms with Crippen molar-refractivity contribution in [2.24, 2.45) is 0 Å². The molecule has 1 aliphatic rings. The highest BCUT2D eigenvalue weighted by molar-refractivity contribution is 7.99. The number of alkyl halides is 1. The van der Waals surface area contributed by atoms with Crippen LogP contribution < -0.4 is 4.74 Å². The van der Waals surface area contributed by atoms with Crippen LogP contribution in [0, 0.1) is 0 Å². The molecule has 3 rings (SSSR count). The molecule has 1 aromatic carbocycles. The summed E-state index contributed by atoms with van der Waals surface area (Å²) < 4.78 is 7.82. The quantitative estimate of drug-likeness (QED) is 0.750. The van der Waals surface area contributed by atoms with Crippen molar-refractivity contribution in [2.75, 3.05) is 12.9 Å². The number of benzene rings is 1. The van der Waals surface area contributed by atoms with Gasteiger partial charge >= 0.3 is 0 Å². The summed E-state index contributed by atoms with van der Waals surface area (Å²) in [6, 6.07) is 6.63. The third-order valence-corrected chi connectivity index (χ3v) is 5.78. The summed E-state index contributed by atoms with van der Waals surface area (Å²) in [5, 5.41) is 0.667. The number of methoxy groups -OCH3 is 1. The lowest BCUT2D eigenvalue weighted by Gasteiger charge is -2.23. The van der Waals surface area contributed by atoms with E-state index in [1.807, 2.05) is 12.1 Å². The highest BCUT2D eigenvalue weighted by atomic mass is 35.5. The Morgan fingerprint density at radius 2 is 2.29 bits per heavy atom. The average Bonchev–Trinajstić information content (AvgIpc) is 3.10. The van der Waals surface area contributed by atoms with Crippen molar-refractivity contribution in [3.63, 3.8) is 0 Å². The summed E-state index contributed by atoms with van der Waals surface area (Å²) in [5.74, 6) is 3.39. The minimum Gasteiger partial charge on any atom is -0.494 e. The maximum Gasteiger partial charge on any atom is 0.146 e. The highest BCUT2D eigenvalue weighted by Crippen LogP contribution is 2.41. The average molecular weight is 325 g/mol. The van der Waals surface area contributed by atoms with Gasteiger partial charge in [0.1, 0.15) is 17.1 Å². The molecule has 1 aliphatic carbocycles. The number of aromatic nitrogens is 2. The van der Waals surface area contributed by atoms with Crippen LogP contribution in [0.2, 0.25) is 0 Å². The molecule has 1 heterocycles. The summed E-state index contributed by atoms with van der Waals surface area (Å²) >= 11 is 8.23. The fraction of sp³-hybridized carbons (Fsp3) is 0.562. The molecular weight excluding hydrogens is 304 g/mol. The molecule has 1 fully saturated rings. The molecule has 5 heteroatoms. The standard InChI is InChI=1S/C16H21ClN2OS/c1-3-21-14-9-5-6-11(14)19-12-7-4-8-13(20-2)16(12)18-15(19)10-17/h4,7-8,11,14H,3,5-6,9-10H2,1-2H3. The van der Waals surface area contributed by atoms with Crippen molar-refractivity contribution in [1.82, 2.24) is 9.55 Å². The third kappa shape index (κ3) is 2.64. The van der Waals surface area contributed by atoms with E-state index in [1.54, 1.807) is 7.11 Å². The highest BCUT2D eigenvalue weighted by Gasteiger charge is 2.31. The molecule has 0 amide bonds. The minimum atomic E-state index is 0.442. The van der Waals surface area contributed by atoms with Crippen molar-refractivity contribution in [3.05, 3.63) is 24.0 Å². The lowest BCUT2D eigenvalue weighted by molar-refractivity contribution is 0.419. The summed E-state index contributed by atoms with van der Waals surface area (Å²) in [4.78, 5) is 4.74.